The first-order valence-corrected chi connectivity index (χ1v) is 5.40. The van der Waals surface area contributed by atoms with Crippen LogP contribution in [0.3, 0.4) is 0 Å². The number of rotatable bonds is 4. The number of nitrogens with zero attached hydrogens (tertiary/aromatic N) is 2. The third-order valence-corrected chi connectivity index (χ3v) is 2.45. The van der Waals surface area contributed by atoms with Crippen LogP contribution in [0.25, 0.3) is 0 Å². The second-order valence-electron chi connectivity index (χ2n) is 3.62. The Morgan fingerprint density at radius 2 is 2.41 bits per heavy atom. The molecule has 2 rings (SSSR count). The zero-order valence-electron chi connectivity index (χ0n) is 9.52. The molecule has 0 unspecified atom stereocenters. The quantitative estimate of drug-likeness (QED) is 0.715. The predicted octanol–water partition coefficient (Wildman–Crippen LogP) is -0.859. The lowest BCUT2D eigenvalue weighted by molar-refractivity contribution is -0.120. The van der Waals surface area contributed by atoms with Crippen molar-refractivity contribution in [1.29, 1.82) is 0 Å². The van der Waals surface area contributed by atoms with Crippen LogP contribution in [0.2, 0.25) is 0 Å². The minimum atomic E-state index is -0.292. The molecule has 2 amide bonds. The number of amides is 2. The van der Waals surface area contributed by atoms with Crippen molar-refractivity contribution in [1.82, 2.24) is 20.4 Å². The number of nitrogens with one attached hydrogen (secondary N) is 2. The molecule has 0 aliphatic carbocycles. The average molecular weight is 238 g/mol. The Hall–Kier alpha value is -2.05. The van der Waals surface area contributed by atoms with Gasteiger partial charge in [-0.1, -0.05) is 0 Å². The van der Waals surface area contributed by atoms with E-state index in [1.165, 1.54) is 0 Å². The zero-order chi connectivity index (χ0) is 12.3. The van der Waals surface area contributed by atoms with E-state index < -0.39 is 0 Å². The number of ether oxygens (including phenoxy) is 1. The molecular formula is C10H14N4O3. The van der Waals surface area contributed by atoms with Gasteiger partial charge in [-0.3, -0.25) is 9.59 Å². The highest BCUT2D eigenvalue weighted by molar-refractivity contribution is 5.92. The van der Waals surface area contributed by atoms with Crippen LogP contribution in [0.15, 0.2) is 6.07 Å². The van der Waals surface area contributed by atoms with Gasteiger partial charge in [0, 0.05) is 26.1 Å². The lowest BCUT2D eigenvalue weighted by Gasteiger charge is -2.02. The van der Waals surface area contributed by atoms with Crippen LogP contribution in [0.5, 0.6) is 5.88 Å². The zero-order valence-corrected chi connectivity index (χ0v) is 9.52. The molecule has 0 fully saturated rings. The molecule has 0 saturated heterocycles. The van der Waals surface area contributed by atoms with E-state index in [2.05, 4.69) is 15.7 Å². The Labute approximate surface area is 98.1 Å². The van der Waals surface area contributed by atoms with Crippen molar-refractivity contribution >= 4 is 11.8 Å². The van der Waals surface area contributed by atoms with Crippen LogP contribution >= 0.6 is 0 Å². The molecule has 2 N–H and O–H groups in total. The monoisotopic (exact) mass is 238 g/mol. The number of hydrogen-bond donors (Lipinski definition) is 2. The maximum atomic E-state index is 11.6. The van der Waals surface area contributed by atoms with Crippen LogP contribution in [0.1, 0.15) is 16.9 Å². The van der Waals surface area contributed by atoms with Gasteiger partial charge in [0.15, 0.2) is 5.69 Å². The first kappa shape index (κ1) is 11.4. The van der Waals surface area contributed by atoms with Gasteiger partial charge in [-0.2, -0.15) is 5.10 Å². The average Bonchev–Trinajstić information content (AvgIpc) is 2.88. The molecule has 1 aromatic rings. The SMILES string of the molecule is CNC(=O)CCNC(=O)c1cc2n(n1)CCO2. The Morgan fingerprint density at radius 1 is 1.59 bits per heavy atom. The highest BCUT2D eigenvalue weighted by Gasteiger charge is 2.18. The molecule has 0 bridgehead atoms. The van der Waals surface area contributed by atoms with E-state index in [-0.39, 0.29) is 18.2 Å². The summed E-state index contributed by atoms with van der Waals surface area (Å²) in [5.41, 5.74) is 0.316. The summed E-state index contributed by atoms with van der Waals surface area (Å²) < 4.78 is 6.89. The maximum absolute atomic E-state index is 11.6. The Kier molecular flexibility index (Phi) is 3.27. The number of hydrogen-bond acceptors (Lipinski definition) is 4. The van der Waals surface area contributed by atoms with Crippen molar-refractivity contribution in [2.24, 2.45) is 0 Å². The molecule has 0 spiro atoms. The molecule has 0 aromatic carbocycles. The molecule has 2 heterocycles. The van der Waals surface area contributed by atoms with Gasteiger partial charge in [-0.05, 0) is 0 Å². The van der Waals surface area contributed by atoms with Crippen molar-refractivity contribution in [3.05, 3.63) is 11.8 Å². The van der Waals surface area contributed by atoms with E-state index in [0.717, 1.165) is 0 Å². The first-order valence-electron chi connectivity index (χ1n) is 5.40. The summed E-state index contributed by atoms with van der Waals surface area (Å²) in [4.78, 5) is 22.6. The summed E-state index contributed by atoms with van der Waals surface area (Å²) in [6.45, 7) is 1.56. The van der Waals surface area contributed by atoms with Crippen LogP contribution in [-0.4, -0.2) is 41.8 Å². The minimum Gasteiger partial charge on any atom is -0.476 e. The summed E-state index contributed by atoms with van der Waals surface area (Å²) in [5, 5.41) is 9.19. The van der Waals surface area contributed by atoms with E-state index in [0.29, 0.717) is 31.3 Å². The molecule has 0 atom stereocenters. The summed E-state index contributed by atoms with van der Waals surface area (Å²) in [5.74, 6) is 0.210. The number of fused-ring (bicyclic) bond motifs is 1. The smallest absolute Gasteiger partial charge is 0.271 e. The minimum absolute atomic E-state index is 0.110. The van der Waals surface area contributed by atoms with Gasteiger partial charge in [-0.15, -0.1) is 0 Å². The molecule has 7 heteroatoms. The summed E-state index contributed by atoms with van der Waals surface area (Å²) in [6.07, 6.45) is 0.256. The van der Waals surface area contributed by atoms with Gasteiger partial charge in [0.2, 0.25) is 11.8 Å². The van der Waals surface area contributed by atoms with E-state index in [1.807, 2.05) is 0 Å². The van der Waals surface area contributed by atoms with Gasteiger partial charge in [0.1, 0.15) is 6.61 Å². The van der Waals surface area contributed by atoms with Crippen molar-refractivity contribution in [2.45, 2.75) is 13.0 Å². The van der Waals surface area contributed by atoms with Crippen molar-refractivity contribution in [3.63, 3.8) is 0 Å². The van der Waals surface area contributed by atoms with Crippen LogP contribution < -0.4 is 15.4 Å². The van der Waals surface area contributed by atoms with E-state index in [1.54, 1.807) is 17.8 Å². The summed E-state index contributed by atoms with van der Waals surface area (Å²) >= 11 is 0. The first-order chi connectivity index (χ1) is 8.20. The Balaban J connectivity index is 1.85. The third kappa shape index (κ3) is 2.55. The van der Waals surface area contributed by atoms with Crippen LogP contribution in [0, 0.1) is 0 Å². The normalized spacial score (nSPS) is 12.8. The fourth-order valence-electron chi connectivity index (χ4n) is 1.53. The van der Waals surface area contributed by atoms with Crippen molar-refractivity contribution in [2.75, 3.05) is 20.2 Å². The third-order valence-electron chi connectivity index (χ3n) is 2.45. The Bertz CT molecular complexity index is 419. The number of aromatic nitrogens is 2. The molecule has 17 heavy (non-hydrogen) atoms. The maximum Gasteiger partial charge on any atom is 0.271 e. The van der Waals surface area contributed by atoms with E-state index >= 15 is 0 Å². The molecule has 7 nitrogen and oxygen atoms in total. The van der Waals surface area contributed by atoms with E-state index in [9.17, 15) is 9.59 Å². The fraction of sp³-hybridized carbons (Fsp3) is 0.500. The summed E-state index contributed by atoms with van der Waals surface area (Å²) in [6, 6.07) is 1.60. The Morgan fingerprint density at radius 3 is 3.12 bits per heavy atom. The van der Waals surface area contributed by atoms with Gasteiger partial charge >= 0.3 is 0 Å². The van der Waals surface area contributed by atoms with Crippen LogP contribution in [0.4, 0.5) is 0 Å². The second-order valence-corrected chi connectivity index (χ2v) is 3.62. The van der Waals surface area contributed by atoms with Gasteiger partial charge in [-0.25, -0.2) is 4.68 Å². The molecule has 1 aliphatic heterocycles. The molecule has 1 aromatic heterocycles. The molecule has 1 aliphatic rings. The molecule has 92 valence electrons. The number of carbonyl (C=O) groups excluding carboxylic acids is 2. The lowest BCUT2D eigenvalue weighted by Crippen LogP contribution is -2.29. The van der Waals surface area contributed by atoms with Gasteiger partial charge in [0.25, 0.3) is 5.91 Å². The van der Waals surface area contributed by atoms with Gasteiger partial charge in [0.05, 0.1) is 6.54 Å². The van der Waals surface area contributed by atoms with E-state index in [4.69, 9.17) is 4.74 Å². The fourth-order valence-corrected chi connectivity index (χ4v) is 1.53. The van der Waals surface area contributed by atoms with Crippen molar-refractivity contribution < 1.29 is 14.3 Å². The molecular weight excluding hydrogens is 224 g/mol. The molecule has 0 radical (unpaired) electrons. The number of carbonyl (C=O) groups is 2. The topological polar surface area (TPSA) is 85.3 Å². The van der Waals surface area contributed by atoms with Gasteiger partial charge < -0.3 is 15.4 Å². The highest BCUT2D eigenvalue weighted by Crippen LogP contribution is 2.17. The summed E-state index contributed by atoms with van der Waals surface area (Å²) in [7, 11) is 1.56. The van der Waals surface area contributed by atoms with Crippen LogP contribution in [-0.2, 0) is 11.3 Å². The highest BCUT2D eigenvalue weighted by atomic mass is 16.5. The largest absolute Gasteiger partial charge is 0.476 e. The molecule has 0 saturated carbocycles. The lowest BCUT2D eigenvalue weighted by atomic mass is 10.3. The predicted molar refractivity (Wildman–Crippen MR) is 58.7 cm³/mol. The van der Waals surface area contributed by atoms with Crippen molar-refractivity contribution in [3.8, 4) is 5.88 Å². The standard InChI is InChI=1S/C10H14N4O3/c1-11-8(15)2-3-12-10(16)7-6-9-14(13-7)4-5-17-9/h6H,2-5H2,1H3,(H,11,15)(H,12,16). The second kappa shape index (κ2) is 4.86.